The highest BCUT2D eigenvalue weighted by molar-refractivity contribution is 5.73. The summed E-state index contributed by atoms with van der Waals surface area (Å²) in [6, 6.07) is 8.08. The van der Waals surface area contributed by atoms with Crippen LogP contribution in [0.15, 0.2) is 24.3 Å². The largest absolute Gasteiger partial charge is 0.315 e. The standard InChI is InChI=1S/C14H22N4/c1-12(2)6-5-9-15-10-11-18-14-8-4-3-7-13(14)16-17-18/h3-4,7-8,12,15H,5-6,9-11H2,1-2H3. The Bertz CT molecular complexity index is 475. The van der Waals surface area contributed by atoms with Crippen LogP contribution in [0.3, 0.4) is 0 Å². The minimum atomic E-state index is 0.797. The summed E-state index contributed by atoms with van der Waals surface area (Å²) in [5.74, 6) is 0.797. The van der Waals surface area contributed by atoms with Gasteiger partial charge in [-0.3, -0.25) is 0 Å². The second kappa shape index (κ2) is 6.50. The number of aromatic nitrogens is 3. The Morgan fingerprint density at radius 1 is 1.22 bits per heavy atom. The summed E-state index contributed by atoms with van der Waals surface area (Å²) in [5, 5.41) is 11.8. The predicted molar refractivity (Wildman–Crippen MR) is 74.5 cm³/mol. The molecule has 0 fully saturated rings. The third-order valence-corrected chi connectivity index (χ3v) is 3.06. The van der Waals surface area contributed by atoms with E-state index >= 15 is 0 Å². The van der Waals surface area contributed by atoms with Crippen LogP contribution in [0.4, 0.5) is 0 Å². The number of benzene rings is 1. The fourth-order valence-electron chi connectivity index (χ4n) is 2.03. The molecule has 1 aromatic heterocycles. The van der Waals surface area contributed by atoms with Gasteiger partial charge in [0.2, 0.25) is 0 Å². The lowest BCUT2D eigenvalue weighted by atomic mass is 10.1. The van der Waals surface area contributed by atoms with Crippen LogP contribution in [0.2, 0.25) is 0 Å². The van der Waals surface area contributed by atoms with Crippen molar-refractivity contribution in [1.29, 1.82) is 0 Å². The summed E-state index contributed by atoms with van der Waals surface area (Å²) in [4.78, 5) is 0. The Morgan fingerprint density at radius 3 is 2.89 bits per heavy atom. The molecule has 0 saturated heterocycles. The Morgan fingerprint density at radius 2 is 2.06 bits per heavy atom. The highest BCUT2D eigenvalue weighted by Gasteiger charge is 2.02. The first-order valence-electron chi connectivity index (χ1n) is 6.76. The summed E-state index contributed by atoms with van der Waals surface area (Å²) in [6.45, 7) is 7.45. The molecule has 0 radical (unpaired) electrons. The average Bonchev–Trinajstić information content (AvgIpc) is 2.77. The average molecular weight is 246 g/mol. The second-order valence-corrected chi connectivity index (χ2v) is 5.09. The Labute approximate surface area is 108 Å². The molecule has 0 saturated carbocycles. The summed E-state index contributed by atoms with van der Waals surface area (Å²) in [6.07, 6.45) is 2.54. The lowest BCUT2D eigenvalue weighted by molar-refractivity contribution is 0.504. The van der Waals surface area contributed by atoms with Crippen molar-refractivity contribution in [2.45, 2.75) is 33.2 Å². The predicted octanol–water partition coefficient (Wildman–Crippen LogP) is 2.46. The molecule has 0 bridgehead atoms. The number of nitrogens with zero attached hydrogens (tertiary/aromatic N) is 3. The Hall–Kier alpha value is -1.42. The molecule has 0 aliphatic rings. The molecule has 18 heavy (non-hydrogen) atoms. The van der Waals surface area contributed by atoms with E-state index in [1.54, 1.807) is 0 Å². The van der Waals surface area contributed by atoms with E-state index in [0.29, 0.717) is 0 Å². The van der Waals surface area contributed by atoms with Gasteiger partial charge in [-0.2, -0.15) is 0 Å². The number of rotatable bonds is 7. The summed E-state index contributed by atoms with van der Waals surface area (Å²) in [7, 11) is 0. The van der Waals surface area contributed by atoms with Gasteiger partial charge in [0.05, 0.1) is 12.1 Å². The molecule has 0 atom stereocenters. The van der Waals surface area contributed by atoms with Crippen molar-refractivity contribution in [2.24, 2.45) is 5.92 Å². The van der Waals surface area contributed by atoms with Gasteiger partial charge in [0.15, 0.2) is 0 Å². The van der Waals surface area contributed by atoms with E-state index in [1.165, 1.54) is 12.8 Å². The van der Waals surface area contributed by atoms with Crippen molar-refractivity contribution in [3.63, 3.8) is 0 Å². The first kappa shape index (κ1) is 13.0. The Kier molecular flexibility index (Phi) is 4.70. The van der Waals surface area contributed by atoms with Crippen LogP contribution >= 0.6 is 0 Å². The molecule has 4 heteroatoms. The monoisotopic (exact) mass is 246 g/mol. The molecule has 0 amide bonds. The van der Waals surface area contributed by atoms with Gasteiger partial charge >= 0.3 is 0 Å². The quantitative estimate of drug-likeness (QED) is 0.763. The first-order chi connectivity index (χ1) is 8.77. The number of hydrogen-bond donors (Lipinski definition) is 1. The summed E-state index contributed by atoms with van der Waals surface area (Å²) < 4.78 is 1.96. The van der Waals surface area contributed by atoms with Crippen LogP contribution in [0.1, 0.15) is 26.7 Å². The zero-order chi connectivity index (χ0) is 12.8. The van der Waals surface area contributed by atoms with E-state index in [9.17, 15) is 0 Å². The van der Waals surface area contributed by atoms with Gasteiger partial charge in [0.25, 0.3) is 0 Å². The van der Waals surface area contributed by atoms with Crippen molar-refractivity contribution in [3.8, 4) is 0 Å². The molecule has 1 heterocycles. The summed E-state index contributed by atoms with van der Waals surface area (Å²) >= 11 is 0. The van der Waals surface area contributed by atoms with Gasteiger partial charge in [-0.1, -0.05) is 31.2 Å². The van der Waals surface area contributed by atoms with E-state index in [4.69, 9.17) is 0 Å². The van der Waals surface area contributed by atoms with Crippen LogP contribution in [0, 0.1) is 5.92 Å². The minimum absolute atomic E-state index is 0.797. The maximum atomic E-state index is 4.17. The van der Waals surface area contributed by atoms with Crippen LogP contribution in [-0.4, -0.2) is 28.1 Å². The van der Waals surface area contributed by atoms with E-state index in [0.717, 1.165) is 36.6 Å². The van der Waals surface area contributed by atoms with Crippen LogP contribution < -0.4 is 5.32 Å². The molecule has 0 spiro atoms. The second-order valence-electron chi connectivity index (χ2n) is 5.09. The van der Waals surface area contributed by atoms with Gasteiger partial charge in [-0.15, -0.1) is 5.10 Å². The molecule has 0 aliphatic heterocycles. The molecule has 2 rings (SSSR count). The lowest BCUT2D eigenvalue weighted by Crippen LogP contribution is -2.21. The molecular formula is C14H22N4. The van der Waals surface area contributed by atoms with E-state index < -0.39 is 0 Å². The van der Waals surface area contributed by atoms with Crippen molar-refractivity contribution < 1.29 is 0 Å². The fourth-order valence-corrected chi connectivity index (χ4v) is 2.03. The van der Waals surface area contributed by atoms with Crippen LogP contribution in [-0.2, 0) is 6.54 Å². The number of hydrogen-bond acceptors (Lipinski definition) is 3. The Balaban J connectivity index is 1.74. The molecule has 1 aromatic carbocycles. The van der Waals surface area contributed by atoms with Gasteiger partial charge in [0.1, 0.15) is 5.52 Å². The normalized spacial score (nSPS) is 11.5. The molecular weight excluding hydrogens is 224 g/mol. The van der Waals surface area contributed by atoms with E-state index in [2.05, 4.69) is 35.5 Å². The highest BCUT2D eigenvalue weighted by Crippen LogP contribution is 2.08. The van der Waals surface area contributed by atoms with Gasteiger partial charge in [-0.25, -0.2) is 4.68 Å². The molecule has 4 nitrogen and oxygen atoms in total. The lowest BCUT2D eigenvalue weighted by Gasteiger charge is -2.06. The molecule has 0 unspecified atom stereocenters. The number of para-hydroxylation sites is 1. The van der Waals surface area contributed by atoms with Gasteiger partial charge in [-0.05, 0) is 37.4 Å². The molecule has 98 valence electrons. The van der Waals surface area contributed by atoms with Crippen LogP contribution in [0.5, 0.6) is 0 Å². The number of fused-ring (bicyclic) bond motifs is 1. The topological polar surface area (TPSA) is 42.7 Å². The van der Waals surface area contributed by atoms with Crippen LogP contribution in [0.25, 0.3) is 11.0 Å². The van der Waals surface area contributed by atoms with Crippen molar-refractivity contribution in [3.05, 3.63) is 24.3 Å². The summed E-state index contributed by atoms with van der Waals surface area (Å²) in [5.41, 5.74) is 2.08. The van der Waals surface area contributed by atoms with Crippen molar-refractivity contribution in [2.75, 3.05) is 13.1 Å². The number of nitrogens with one attached hydrogen (secondary N) is 1. The highest BCUT2D eigenvalue weighted by atomic mass is 15.4. The zero-order valence-corrected chi connectivity index (χ0v) is 11.3. The SMILES string of the molecule is CC(C)CCCNCCn1nnc2ccccc21. The van der Waals surface area contributed by atoms with Crippen molar-refractivity contribution in [1.82, 2.24) is 20.3 Å². The third-order valence-electron chi connectivity index (χ3n) is 3.06. The minimum Gasteiger partial charge on any atom is -0.315 e. The van der Waals surface area contributed by atoms with E-state index in [1.807, 2.05) is 22.9 Å². The molecule has 0 aliphatic carbocycles. The molecule has 1 N–H and O–H groups in total. The van der Waals surface area contributed by atoms with Gasteiger partial charge in [0, 0.05) is 6.54 Å². The zero-order valence-electron chi connectivity index (χ0n) is 11.3. The molecule has 2 aromatic rings. The third kappa shape index (κ3) is 3.53. The first-order valence-corrected chi connectivity index (χ1v) is 6.76. The maximum absolute atomic E-state index is 4.17. The smallest absolute Gasteiger partial charge is 0.113 e. The van der Waals surface area contributed by atoms with E-state index in [-0.39, 0.29) is 0 Å². The fraction of sp³-hybridized carbons (Fsp3) is 0.571. The van der Waals surface area contributed by atoms with Crippen molar-refractivity contribution >= 4 is 11.0 Å². The van der Waals surface area contributed by atoms with Gasteiger partial charge < -0.3 is 5.32 Å². The maximum Gasteiger partial charge on any atom is 0.113 e.